The SMILES string of the molecule is CCN(CC)CC.COC(=O)c1ccc2c(c1)CN(C(=O)OC(C)(C)C)CC2. The zero-order valence-corrected chi connectivity index (χ0v) is 18.5. The number of rotatable bonds is 4. The molecule has 0 saturated carbocycles. The lowest BCUT2D eigenvalue weighted by Crippen LogP contribution is -2.39. The Morgan fingerprint density at radius 2 is 1.68 bits per heavy atom. The third-order valence-electron chi connectivity index (χ3n) is 4.63. The number of fused-ring (bicyclic) bond motifs is 1. The average Bonchev–Trinajstić information content (AvgIpc) is 2.67. The highest BCUT2D eigenvalue weighted by atomic mass is 16.6. The molecule has 0 saturated heterocycles. The fourth-order valence-corrected chi connectivity index (χ4v) is 2.96. The molecule has 1 aromatic rings. The van der Waals surface area contributed by atoms with Crippen LogP contribution in [0.1, 0.15) is 63.0 Å². The summed E-state index contributed by atoms with van der Waals surface area (Å²) in [5, 5.41) is 0. The Labute approximate surface area is 169 Å². The summed E-state index contributed by atoms with van der Waals surface area (Å²) >= 11 is 0. The minimum absolute atomic E-state index is 0.323. The molecule has 0 aliphatic carbocycles. The van der Waals surface area contributed by atoms with Crippen LogP contribution in [0.15, 0.2) is 18.2 Å². The van der Waals surface area contributed by atoms with Gasteiger partial charge in [-0.1, -0.05) is 26.8 Å². The monoisotopic (exact) mass is 392 g/mol. The molecule has 0 aromatic heterocycles. The summed E-state index contributed by atoms with van der Waals surface area (Å²) in [7, 11) is 1.36. The van der Waals surface area contributed by atoms with Gasteiger partial charge in [0.2, 0.25) is 0 Å². The van der Waals surface area contributed by atoms with Crippen LogP contribution >= 0.6 is 0 Å². The topological polar surface area (TPSA) is 59.1 Å². The Morgan fingerprint density at radius 1 is 1.07 bits per heavy atom. The van der Waals surface area contributed by atoms with Crippen molar-refractivity contribution in [1.29, 1.82) is 0 Å². The summed E-state index contributed by atoms with van der Waals surface area (Å²) in [6, 6.07) is 5.47. The Balaban J connectivity index is 0.000000480. The summed E-state index contributed by atoms with van der Waals surface area (Å²) in [5.74, 6) is -0.368. The first-order chi connectivity index (χ1) is 13.1. The van der Waals surface area contributed by atoms with E-state index in [2.05, 4.69) is 25.7 Å². The highest BCUT2D eigenvalue weighted by Gasteiger charge is 2.26. The largest absolute Gasteiger partial charge is 0.465 e. The molecule has 1 aromatic carbocycles. The number of amides is 1. The standard InChI is InChI=1S/C16H21NO4.C6H15N/c1-16(2,3)21-15(19)17-8-7-11-5-6-12(14(18)20-4)9-13(11)10-17;1-4-7(5-2)6-3/h5-6,9H,7-8,10H2,1-4H3;4-6H2,1-3H3. The lowest BCUT2D eigenvalue weighted by Gasteiger charge is -2.31. The third kappa shape index (κ3) is 7.50. The summed E-state index contributed by atoms with van der Waals surface area (Å²) in [6.45, 7) is 16.7. The maximum absolute atomic E-state index is 12.1. The summed E-state index contributed by atoms with van der Waals surface area (Å²) in [4.78, 5) is 27.7. The van der Waals surface area contributed by atoms with Crippen LogP contribution < -0.4 is 0 Å². The van der Waals surface area contributed by atoms with Gasteiger partial charge < -0.3 is 19.3 Å². The predicted octanol–water partition coefficient (Wildman–Crippen LogP) is 4.11. The van der Waals surface area contributed by atoms with Crippen LogP contribution in [0.25, 0.3) is 0 Å². The lowest BCUT2D eigenvalue weighted by atomic mass is 9.97. The predicted molar refractivity (Wildman–Crippen MR) is 112 cm³/mol. The lowest BCUT2D eigenvalue weighted by molar-refractivity contribution is 0.0224. The van der Waals surface area contributed by atoms with Crippen molar-refractivity contribution in [3.8, 4) is 0 Å². The van der Waals surface area contributed by atoms with Gasteiger partial charge in [-0.25, -0.2) is 9.59 Å². The van der Waals surface area contributed by atoms with E-state index in [1.807, 2.05) is 26.8 Å². The van der Waals surface area contributed by atoms with Crippen molar-refractivity contribution < 1.29 is 19.1 Å². The van der Waals surface area contributed by atoms with Crippen molar-refractivity contribution >= 4 is 12.1 Å². The molecule has 0 spiro atoms. The van der Waals surface area contributed by atoms with Crippen LogP contribution in [-0.4, -0.2) is 60.8 Å². The van der Waals surface area contributed by atoms with Gasteiger partial charge in [0.1, 0.15) is 5.60 Å². The molecule has 0 unspecified atom stereocenters. The Hall–Kier alpha value is -2.08. The fourth-order valence-electron chi connectivity index (χ4n) is 2.96. The molecule has 0 radical (unpaired) electrons. The van der Waals surface area contributed by atoms with Crippen molar-refractivity contribution in [2.75, 3.05) is 33.3 Å². The van der Waals surface area contributed by atoms with Gasteiger partial charge in [-0.05, 0) is 70.1 Å². The van der Waals surface area contributed by atoms with E-state index in [0.717, 1.165) is 17.5 Å². The van der Waals surface area contributed by atoms with Crippen molar-refractivity contribution in [3.05, 3.63) is 34.9 Å². The van der Waals surface area contributed by atoms with Gasteiger partial charge >= 0.3 is 12.1 Å². The summed E-state index contributed by atoms with van der Waals surface area (Å²) in [5.41, 5.74) is 2.12. The molecule has 28 heavy (non-hydrogen) atoms. The normalized spacial score (nSPS) is 13.4. The molecule has 0 bridgehead atoms. The maximum atomic E-state index is 12.1. The Morgan fingerprint density at radius 3 is 2.14 bits per heavy atom. The number of nitrogens with zero attached hydrogens (tertiary/aromatic N) is 2. The van der Waals surface area contributed by atoms with Crippen molar-refractivity contribution in [2.24, 2.45) is 0 Å². The van der Waals surface area contributed by atoms with E-state index in [9.17, 15) is 9.59 Å². The minimum atomic E-state index is -0.509. The quantitative estimate of drug-likeness (QED) is 0.722. The molecular weight excluding hydrogens is 356 g/mol. The third-order valence-corrected chi connectivity index (χ3v) is 4.63. The number of hydrogen-bond acceptors (Lipinski definition) is 5. The molecule has 1 amide bonds. The first-order valence-electron chi connectivity index (χ1n) is 10.1. The second-order valence-electron chi connectivity index (χ2n) is 7.75. The highest BCUT2D eigenvalue weighted by molar-refractivity contribution is 5.89. The zero-order chi connectivity index (χ0) is 21.3. The van der Waals surface area contributed by atoms with E-state index in [4.69, 9.17) is 9.47 Å². The van der Waals surface area contributed by atoms with Crippen molar-refractivity contribution in [1.82, 2.24) is 9.80 Å². The number of methoxy groups -OCH3 is 1. The second kappa shape index (κ2) is 11.1. The molecule has 2 rings (SSSR count). The number of ether oxygens (including phenoxy) is 2. The molecule has 0 atom stereocenters. The number of benzene rings is 1. The van der Waals surface area contributed by atoms with E-state index in [0.29, 0.717) is 18.7 Å². The summed E-state index contributed by atoms with van der Waals surface area (Å²) in [6.07, 6.45) is 0.437. The first kappa shape index (κ1) is 24.0. The highest BCUT2D eigenvalue weighted by Crippen LogP contribution is 2.22. The molecule has 0 N–H and O–H groups in total. The van der Waals surface area contributed by atoms with Gasteiger partial charge in [-0.2, -0.15) is 0 Å². The molecule has 1 aliphatic heterocycles. The molecule has 6 nitrogen and oxygen atoms in total. The van der Waals surface area contributed by atoms with Gasteiger partial charge in [0.25, 0.3) is 0 Å². The fraction of sp³-hybridized carbons (Fsp3) is 0.636. The number of esters is 1. The van der Waals surface area contributed by atoms with Crippen LogP contribution in [0, 0.1) is 0 Å². The average molecular weight is 393 g/mol. The summed E-state index contributed by atoms with van der Waals surface area (Å²) < 4.78 is 10.1. The Bertz CT molecular complexity index is 643. The number of hydrogen-bond donors (Lipinski definition) is 0. The van der Waals surface area contributed by atoms with Crippen LogP contribution in [-0.2, 0) is 22.4 Å². The zero-order valence-electron chi connectivity index (χ0n) is 18.5. The van der Waals surface area contributed by atoms with Gasteiger partial charge in [0.05, 0.1) is 12.7 Å². The van der Waals surface area contributed by atoms with Crippen molar-refractivity contribution in [2.45, 2.75) is 60.1 Å². The Kier molecular flexibility index (Phi) is 9.46. The van der Waals surface area contributed by atoms with E-state index in [1.165, 1.54) is 26.7 Å². The van der Waals surface area contributed by atoms with Gasteiger partial charge in [0.15, 0.2) is 0 Å². The molecule has 1 aliphatic rings. The number of carbonyl (C=O) groups is 2. The maximum Gasteiger partial charge on any atom is 0.410 e. The molecule has 158 valence electrons. The van der Waals surface area contributed by atoms with Crippen LogP contribution in [0.4, 0.5) is 4.79 Å². The first-order valence-corrected chi connectivity index (χ1v) is 10.1. The van der Waals surface area contributed by atoms with E-state index >= 15 is 0 Å². The van der Waals surface area contributed by atoms with E-state index < -0.39 is 5.60 Å². The van der Waals surface area contributed by atoms with E-state index in [-0.39, 0.29) is 12.1 Å². The molecule has 6 heteroatoms. The molecule has 1 heterocycles. The minimum Gasteiger partial charge on any atom is -0.465 e. The van der Waals surface area contributed by atoms with Crippen LogP contribution in [0.5, 0.6) is 0 Å². The van der Waals surface area contributed by atoms with Gasteiger partial charge in [-0.3, -0.25) is 0 Å². The van der Waals surface area contributed by atoms with Gasteiger partial charge in [-0.15, -0.1) is 0 Å². The second-order valence-corrected chi connectivity index (χ2v) is 7.75. The van der Waals surface area contributed by atoms with Crippen LogP contribution in [0.2, 0.25) is 0 Å². The van der Waals surface area contributed by atoms with Gasteiger partial charge in [0, 0.05) is 13.1 Å². The molecular formula is C22H36N2O4. The smallest absolute Gasteiger partial charge is 0.410 e. The number of carbonyl (C=O) groups excluding carboxylic acids is 2. The molecule has 0 fully saturated rings. The van der Waals surface area contributed by atoms with Crippen LogP contribution in [0.3, 0.4) is 0 Å². The van der Waals surface area contributed by atoms with Crippen molar-refractivity contribution in [3.63, 3.8) is 0 Å². The van der Waals surface area contributed by atoms with E-state index in [1.54, 1.807) is 17.0 Å².